The first-order valence-corrected chi connectivity index (χ1v) is 12.3. The number of nitrogens with zero attached hydrogens (tertiary/aromatic N) is 2. The summed E-state index contributed by atoms with van der Waals surface area (Å²) < 4.78 is 28.9. The minimum atomic E-state index is -3.64. The van der Waals surface area contributed by atoms with E-state index in [1.54, 1.807) is 23.7 Å². The van der Waals surface area contributed by atoms with Gasteiger partial charge < -0.3 is 0 Å². The van der Waals surface area contributed by atoms with Crippen LogP contribution < -0.4 is 11.2 Å². The van der Waals surface area contributed by atoms with E-state index in [-0.39, 0.29) is 17.0 Å². The van der Waals surface area contributed by atoms with Gasteiger partial charge in [0.05, 0.1) is 4.90 Å². The lowest BCUT2D eigenvalue weighted by Crippen LogP contribution is -2.37. The minimum absolute atomic E-state index is 0.235. The Balaban J connectivity index is 1.45. The Hall–Kier alpha value is -2.97. The molecular formula is C24H27N3O4S. The summed E-state index contributed by atoms with van der Waals surface area (Å²) in [6.45, 7) is 0.633. The molecule has 1 aliphatic rings. The van der Waals surface area contributed by atoms with Crippen molar-refractivity contribution in [3.8, 4) is 11.1 Å². The number of rotatable bonds is 7. The number of hydrogen-bond donors (Lipinski definition) is 1. The Morgan fingerprint density at radius 2 is 1.59 bits per heavy atom. The highest BCUT2D eigenvalue weighted by molar-refractivity contribution is 7.89. The van der Waals surface area contributed by atoms with Crippen LogP contribution in [-0.4, -0.2) is 35.9 Å². The molecule has 1 heterocycles. The van der Waals surface area contributed by atoms with E-state index >= 15 is 0 Å². The first-order valence-electron chi connectivity index (χ1n) is 10.8. The topological polar surface area (TPSA) is 92.2 Å². The van der Waals surface area contributed by atoms with Crippen LogP contribution in [0.3, 0.4) is 0 Å². The highest BCUT2D eigenvalue weighted by atomic mass is 32.2. The van der Waals surface area contributed by atoms with Crippen LogP contribution in [0.15, 0.2) is 69.1 Å². The van der Waals surface area contributed by atoms with Gasteiger partial charge in [-0.15, -0.1) is 0 Å². The SMILES string of the molecule is CN(CCCn1c2c(c(=O)[nH]c1=O)CCCC2)S(=O)(=O)c1ccc(-c2ccccc2)cc1. The van der Waals surface area contributed by atoms with E-state index < -0.39 is 15.7 Å². The third-order valence-corrected chi connectivity index (χ3v) is 7.90. The normalized spacial score (nSPS) is 13.8. The lowest BCUT2D eigenvalue weighted by molar-refractivity contribution is 0.435. The Morgan fingerprint density at radius 1 is 0.938 bits per heavy atom. The van der Waals surface area contributed by atoms with E-state index in [4.69, 9.17) is 0 Å². The maximum absolute atomic E-state index is 13.0. The highest BCUT2D eigenvalue weighted by Gasteiger charge is 2.22. The van der Waals surface area contributed by atoms with Crippen LogP contribution in [-0.2, 0) is 29.4 Å². The molecule has 1 aromatic heterocycles. The van der Waals surface area contributed by atoms with Crippen molar-refractivity contribution >= 4 is 10.0 Å². The number of aromatic amines is 1. The number of nitrogens with one attached hydrogen (secondary N) is 1. The third kappa shape index (κ3) is 4.47. The fourth-order valence-electron chi connectivity index (χ4n) is 4.23. The van der Waals surface area contributed by atoms with Crippen LogP contribution in [0.25, 0.3) is 11.1 Å². The monoisotopic (exact) mass is 453 g/mol. The molecular weight excluding hydrogens is 426 g/mol. The summed E-state index contributed by atoms with van der Waals surface area (Å²) in [7, 11) is -2.09. The summed E-state index contributed by atoms with van der Waals surface area (Å²) in [4.78, 5) is 27.0. The number of aromatic nitrogens is 2. The molecule has 0 saturated carbocycles. The van der Waals surface area contributed by atoms with Crippen LogP contribution in [0.5, 0.6) is 0 Å². The molecule has 3 aromatic rings. The van der Waals surface area contributed by atoms with Gasteiger partial charge in [-0.3, -0.25) is 14.3 Å². The van der Waals surface area contributed by atoms with Crippen LogP contribution in [0.4, 0.5) is 0 Å². The van der Waals surface area contributed by atoms with Crippen molar-refractivity contribution in [2.75, 3.05) is 13.6 Å². The highest BCUT2D eigenvalue weighted by Crippen LogP contribution is 2.23. The van der Waals surface area contributed by atoms with Crippen LogP contribution in [0.1, 0.15) is 30.5 Å². The van der Waals surface area contributed by atoms with Gasteiger partial charge in [0.1, 0.15) is 0 Å². The van der Waals surface area contributed by atoms with Crippen molar-refractivity contribution in [3.63, 3.8) is 0 Å². The van der Waals surface area contributed by atoms with Gasteiger partial charge in [0, 0.05) is 31.4 Å². The average molecular weight is 454 g/mol. The lowest BCUT2D eigenvalue weighted by Gasteiger charge is -2.21. The van der Waals surface area contributed by atoms with Gasteiger partial charge in [0.25, 0.3) is 5.56 Å². The Bertz CT molecular complexity index is 1310. The van der Waals surface area contributed by atoms with Gasteiger partial charge in [-0.25, -0.2) is 17.5 Å². The third-order valence-electron chi connectivity index (χ3n) is 6.03. The zero-order valence-electron chi connectivity index (χ0n) is 18.1. The van der Waals surface area contributed by atoms with Crippen molar-refractivity contribution in [2.45, 2.75) is 43.5 Å². The molecule has 0 radical (unpaired) electrons. The first-order chi connectivity index (χ1) is 15.4. The Morgan fingerprint density at radius 3 is 2.31 bits per heavy atom. The van der Waals surface area contributed by atoms with Gasteiger partial charge in [-0.2, -0.15) is 0 Å². The standard InChI is InChI=1S/C24H27N3O4S/c1-26(16-7-17-27-22-11-6-5-10-21(22)23(28)25-24(27)29)32(30,31)20-14-12-19(13-15-20)18-8-3-2-4-9-18/h2-4,8-9,12-15H,5-7,10-11,16-17H2,1H3,(H,25,28,29). The molecule has 0 unspecified atom stereocenters. The fraction of sp³-hybridized carbons (Fsp3) is 0.333. The van der Waals surface area contributed by atoms with E-state index in [1.807, 2.05) is 42.5 Å². The molecule has 32 heavy (non-hydrogen) atoms. The molecule has 0 spiro atoms. The molecule has 2 aromatic carbocycles. The number of benzene rings is 2. The summed E-state index contributed by atoms with van der Waals surface area (Å²) in [5.74, 6) is 0. The molecule has 0 fully saturated rings. The number of H-pyrrole nitrogens is 1. The van der Waals surface area contributed by atoms with Gasteiger partial charge in [0.2, 0.25) is 10.0 Å². The summed E-state index contributed by atoms with van der Waals surface area (Å²) >= 11 is 0. The van der Waals surface area contributed by atoms with Crippen LogP contribution in [0.2, 0.25) is 0 Å². The number of sulfonamides is 1. The zero-order valence-corrected chi connectivity index (χ0v) is 18.9. The molecule has 0 saturated heterocycles. The molecule has 7 nitrogen and oxygen atoms in total. The predicted octanol–water partition coefficient (Wildman–Crippen LogP) is 2.79. The maximum Gasteiger partial charge on any atom is 0.328 e. The molecule has 1 N–H and O–H groups in total. The van der Waals surface area contributed by atoms with E-state index in [0.717, 1.165) is 29.7 Å². The van der Waals surface area contributed by atoms with Crippen LogP contribution in [0, 0.1) is 0 Å². The van der Waals surface area contributed by atoms with Crippen molar-refractivity contribution in [3.05, 3.63) is 86.7 Å². The van der Waals surface area contributed by atoms with E-state index in [2.05, 4.69) is 4.98 Å². The second kappa shape index (κ2) is 9.26. The summed E-state index contributed by atoms with van der Waals surface area (Å²) in [5, 5.41) is 0. The van der Waals surface area contributed by atoms with Gasteiger partial charge in [-0.05, 0) is 55.4 Å². The van der Waals surface area contributed by atoms with Crippen molar-refractivity contribution < 1.29 is 8.42 Å². The fourth-order valence-corrected chi connectivity index (χ4v) is 5.44. The first kappa shape index (κ1) is 22.2. The largest absolute Gasteiger partial charge is 0.328 e. The van der Waals surface area contributed by atoms with Crippen molar-refractivity contribution in [1.82, 2.24) is 13.9 Å². The summed E-state index contributed by atoms with van der Waals surface area (Å²) in [5.41, 5.74) is 2.76. The summed E-state index contributed by atoms with van der Waals surface area (Å²) in [6.07, 6.45) is 3.74. The lowest BCUT2D eigenvalue weighted by atomic mass is 9.97. The van der Waals surface area contributed by atoms with E-state index in [0.29, 0.717) is 31.4 Å². The second-order valence-electron chi connectivity index (χ2n) is 8.11. The molecule has 1 aliphatic carbocycles. The number of hydrogen-bond acceptors (Lipinski definition) is 4. The quantitative estimate of drug-likeness (QED) is 0.595. The second-order valence-corrected chi connectivity index (χ2v) is 10.2. The van der Waals surface area contributed by atoms with Gasteiger partial charge >= 0.3 is 5.69 Å². The van der Waals surface area contributed by atoms with Gasteiger partial charge in [0.15, 0.2) is 0 Å². The zero-order chi connectivity index (χ0) is 22.7. The maximum atomic E-state index is 13.0. The molecule has 0 amide bonds. The average Bonchev–Trinajstić information content (AvgIpc) is 2.81. The van der Waals surface area contributed by atoms with Crippen molar-refractivity contribution in [1.29, 1.82) is 0 Å². The molecule has 8 heteroatoms. The molecule has 0 atom stereocenters. The molecule has 4 rings (SSSR count). The smallest absolute Gasteiger partial charge is 0.297 e. The minimum Gasteiger partial charge on any atom is -0.297 e. The predicted molar refractivity (Wildman–Crippen MR) is 124 cm³/mol. The molecule has 0 bridgehead atoms. The molecule has 168 valence electrons. The van der Waals surface area contributed by atoms with E-state index in [9.17, 15) is 18.0 Å². The molecule has 0 aliphatic heterocycles. The van der Waals surface area contributed by atoms with E-state index in [1.165, 1.54) is 4.31 Å². The van der Waals surface area contributed by atoms with Crippen molar-refractivity contribution in [2.24, 2.45) is 0 Å². The Kier molecular flexibility index (Phi) is 6.43. The Labute approximate surface area is 187 Å². The summed E-state index contributed by atoms with van der Waals surface area (Å²) in [6, 6.07) is 16.6. The number of fused-ring (bicyclic) bond motifs is 1. The van der Waals surface area contributed by atoms with Crippen LogP contribution >= 0.6 is 0 Å². The van der Waals surface area contributed by atoms with Gasteiger partial charge in [-0.1, -0.05) is 42.5 Å².